The Kier molecular flexibility index (Phi) is 5.73. The minimum Gasteiger partial charge on any atom is -0.353 e. The van der Waals surface area contributed by atoms with Crippen molar-refractivity contribution >= 4 is 5.82 Å². The van der Waals surface area contributed by atoms with Crippen LogP contribution in [-0.4, -0.2) is 29.3 Å². The first-order valence-electron chi connectivity index (χ1n) is 7.14. The van der Waals surface area contributed by atoms with Crippen molar-refractivity contribution in [2.75, 3.05) is 18.5 Å². The molecule has 0 atom stereocenters. The van der Waals surface area contributed by atoms with Crippen LogP contribution in [0.25, 0.3) is 0 Å². The Labute approximate surface area is 117 Å². The van der Waals surface area contributed by atoms with Gasteiger partial charge in [-0.25, -0.2) is 0 Å². The molecule has 0 aliphatic carbocycles. The Hall–Kier alpha value is -1.16. The van der Waals surface area contributed by atoms with Crippen molar-refractivity contribution < 1.29 is 0 Å². The topological polar surface area (TPSA) is 41.0 Å². The Morgan fingerprint density at radius 2 is 1.95 bits per heavy atom. The van der Waals surface area contributed by atoms with Crippen LogP contribution >= 0.6 is 0 Å². The van der Waals surface area contributed by atoms with Gasteiger partial charge in [0, 0.05) is 19.1 Å². The van der Waals surface area contributed by atoms with Gasteiger partial charge in [-0.05, 0) is 44.9 Å². The normalized spacial score (nSPS) is 11.9. The zero-order valence-electron chi connectivity index (χ0n) is 13.2. The number of nitrogens with one attached hydrogen (secondary N) is 1. The van der Waals surface area contributed by atoms with E-state index in [1.165, 1.54) is 0 Å². The van der Waals surface area contributed by atoms with Gasteiger partial charge >= 0.3 is 0 Å². The fourth-order valence-corrected chi connectivity index (χ4v) is 1.66. The summed E-state index contributed by atoms with van der Waals surface area (Å²) in [6.45, 7) is 12.8. The Balaban J connectivity index is 2.61. The van der Waals surface area contributed by atoms with E-state index in [1.54, 1.807) is 0 Å². The number of nitrogens with zero attached hydrogens (tertiary/aromatic N) is 3. The lowest BCUT2D eigenvalue weighted by Gasteiger charge is -2.35. The van der Waals surface area contributed by atoms with E-state index >= 15 is 0 Å². The summed E-state index contributed by atoms with van der Waals surface area (Å²) >= 11 is 0. The van der Waals surface area contributed by atoms with E-state index in [2.05, 4.69) is 74.2 Å². The molecule has 0 radical (unpaired) electrons. The third-order valence-corrected chi connectivity index (χ3v) is 3.68. The molecule has 0 bridgehead atoms. The quantitative estimate of drug-likeness (QED) is 0.822. The first-order chi connectivity index (χ1) is 8.86. The van der Waals surface area contributed by atoms with Crippen LogP contribution in [0, 0.1) is 5.92 Å². The molecule has 4 heteroatoms. The first-order valence-corrected chi connectivity index (χ1v) is 7.14. The molecular weight excluding hydrogens is 236 g/mol. The highest BCUT2D eigenvalue weighted by atomic mass is 15.3. The lowest BCUT2D eigenvalue weighted by molar-refractivity contribution is 0.465. The maximum atomic E-state index is 4.33. The predicted octanol–water partition coefficient (Wildman–Crippen LogP) is 2.85. The Morgan fingerprint density at radius 1 is 1.26 bits per heavy atom. The molecule has 1 heterocycles. The summed E-state index contributed by atoms with van der Waals surface area (Å²) in [5.74, 6) is 1.59. The van der Waals surface area contributed by atoms with Crippen LogP contribution in [-0.2, 0) is 6.54 Å². The summed E-state index contributed by atoms with van der Waals surface area (Å²) < 4.78 is 0. The van der Waals surface area contributed by atoms with E-state index < -0.39 is 0 Å². The van der Waals surface area contributed by atoms with Crippen molar-refractivity contribution in [2.45, 2.75) is 53.1 Å². The maximum Gasteiger partial charge on any atom is 0.151 e. The molecule has 0 aromatic carbocycles. The highest BCUT2D eigenvalue weighted by molar-refractivity contribution is 5.39. The van der Waals surface area contributed by atoms with Gasteiger partial charge in [-0.2, -0.15) is 5.10 Å². The molecule has 1 N–H and O–H groups in total. The fraction of sp³-hybridized carbons (Fsp3) is 0.733. The zero-order valence-corrected chi connectivity index (χ0v) is 13.2. The fourth-order valence-electron chi connectivity index (χ4n) is 1.66. The van der Waals surface area contributed by atoms with Crippen molar-refractivity contribution in [1.29, 1.82) is 0 Å². The molecule has 0 saturated heterocycles. The number of hydrogen-bond donors (Lipinski definition) is 1. The molecule has 0 fully saturated rings. The molecule has 4 nitrogen and oxygen atoms in total. The monoisotopic (exact) mass is 264 g/mol. The predicted molar refractivity (Wildman–Crippen MR) is 81.3 cm³/mol. The Bertz CT molecular complexity index is 370. The van der Waals surface area contributed by atoms with Crippen LogP contribution in [0.1, 0.15) is 46.7 Å². The van der Waals surface area contributed by atoms with Crippen LogP contribution in [0.3, 0.4) is 0 Å². The van der Waals surface area contributed by atoms with Crippen molar-refractivity contribution in [3.05, 3.63) is 17.8 Å². The highest BCUT2D eigenvalue weighted by Crippen LogP contribution is 2.22. The third-order valence-electron chi connectivity index (χ3n) is 3.68. The van der Waals surface area contributed by atoms with Crippen molar-refractivity contribution in [3.8, 4) is 0 Å². The molecule has 0 amide bonds. The highest BCUT2D eigenvalue weighted by Gasteiger charge is 2.22. The Morgan fingerprint density at radius 3 is 2.42 bits per heavy atom. The van der Waals surface area contributed by atoms with Crippen LogP contribution in [0.15, 0.2) is 12.1 Å². The van der Waals surface area contributed by atoms with Crippen LogP contribution in [0.5, 0.6) is 0 Å². The SMILES string of the molecule is CCC(C)(C)N(C)c1ccc(CNCC(C)C)nn1. The van der Waals surface area contributed by atoms with Crippen molar-refractivity contribution in [1.82, 2.24) is 15.5 Å². The van der Waals surface area contributed by atoms with Gasteiger partial charge in [0.2, 0.25) is 0 Å². The van der Waals surface area contributed by atoms with Crippen molar-refractivity contribution in [3.63, 3.8) is 0 Å². The number of rotatable bonds is 7. The first kappa shape index (κ1) is 15.9. The van der Waals surface area contributed by atoms with Gasteiger partial charge in [0.25, 0.3) is 0 Å². The second kappa shape index (κ2) is 6.85. The molecule has 19 heavy (non-hydrogen) atoms. The molecular formula is C15H28N4. The minimum absolute atomic E-state index is 0.103. The van der Waals surface area contributed by atoms with E-state index in [9.17, 15) is 0 Å². The van der Waals surface area contributed by atoms with Gasteiger partial charge in [-0.3, -0.25) is 0 Å². The second-order valence-corrected chi connectivity index (χ2v) is 6.13. The van der Waals surface area contributed by atoms with Gasteiger partial charge in [0.15, 0.2) is 5.82 Å². The van der Waals surface area contributed by atoms with Crippen LogP contribution in [0.2, 0.25) is 0 Å². The lowest BCUT2D eigenvalue weighted by Crippen LogP contribution is -2.41. The van der Waals surface area contributed by atoms with Gasteiger partial charge in [0.05, 0.1) is 5.69 Å². The molecule has 1 aromatic heterocycles. The summed E-state index contributed by atoms with van der Waals surface area (Å²) in [5, 5.41) is 12.0. The average Bonchev–Trinajstić information content (AvgIpc) is 2.38. The molecule has 108 valence electrons. The molecule has 1 aromatic rings. The van der Waals surface area contributed by atoms with Crippen LogP contribution in [0.4, 0.5) is 5.82 Å². The largest absolute Gasteiger partial charge is 0.353 e. The summed E-state index contributed by atoms with van der Waals surface area (Å²) in [4.78, 5) is 2.19. The van der Waals surface area contributed by atoms with Gasteiger partial charge in [-0.15, -0.1) is 5.10 Å². The second-order valence-electron chi connectivity index (χ2n) is 6.13. The van der Waals surface area contributed by atoms with Gasteiger partial charge < -0.3 is 10.2 Å². The van der Waals surface area contributed by atoms with E-state index in [1.807, 2.05) is 0 Å². The number of anilines is 1. The standard InChI is InChI=1S/C15H28N4/c1-7-15(4,5)19(6)14-9-8-13(17-18-14)11-16-10-12(2)3/h8-9,12,16H,7,10-11H2,1-6H3. The summed E-state index contributed by atoms with van der Waals surface area (Å²) in [7, 11) is 2.07. The van der Waals surface area contributed by atoms with Gasteiger partial charge in [-0.1, -0.05) is 20.8 Å². The number of aromatic nitrogens is 2. The molecule has 0 aliphatic heterocycles. The van der Waals surface area contributed by atoms with E-state index in [0.717, 1.165) is 31.0 Å². The molecule has 0 unspecified atom stereocenters. The average molecular weight is 264 g/mol. The molecule has 0 saturated carbocycles. The minimum atomic E-state index is 0.103. The summed E-state index contributed by atoms with van der Waals surface area (Å²) in [6.07, 6.45) is 1.07. The smallest absolute Gasteiger partial charge is 0.151 e. The maximum absolute atomic E-state index is 4.33. The lowest BCUT2D eigenvalue weighted by atomic mass is 10.0. The van der Waals surface area contributed by atoms with Gasteiger partial charge in [0.1, 0.15) is 0 Å². The summed E-state index contributed by atoms with van der Waals surface area (Å²) in [6, 6.07) is 4.11. The number of hydrogen-bond acceptors (Lipinski definition) is 4. The summed E-state index contributed by atoms with van der Waals surface area (Å²) in [5.41, 5.74) is 1.10. The van der Waals surface area contributed by atoms with Crippen molar-refractivity contribution in [2.24, 2.45) is 5.92 Å². The third kappa shape index (κ3) is 4.78. The molecule has 0 spiro atoms. The van der Waals surface area contributed by atoms with Crippen LogP contribution < -0.4 is 10.2 Å². The molecule has 0 aliphatic rings. The molecule has 1 rings (SSSR count). The van der Waals surface area contributed by atoms with E-state index in [-0.39, 0.29) is 5.54 Å². The van der Waals surface area contributed by atoms with E-state index in [4.69, 9.17) is 0 Å². The zero-order chi connectivity index (χ0) is 14.5. The van der Waals surface area contributed by atoms with E-state index in [0.29, 0.717) is 5.92 Å².